The molecule has 1 aromatic carbocycles. The number of benzene rings is 1. The number of para-hydroxylation sites is 1. The van der Waals surface area contributed by atoms with Gasteiger partial charge >= 0.3 is 0 Å². The van der Waals surface area contributed by atoms with Gasteiger partial charge in [0.05, 0.1) is 7.11 Å². The Hall–Kier alpha value is -1.77. The zero-order valence-electron chi connectivity index (χ0n) is 10.6. The summed E-state index contributed by atoms with van der Waals surface area (Å²) < 4.78 is 5.35. The van der Waals surface area contributed by atoms with E-state index < -0.39 is 0 Å². The number of aromatic nitrogens is 1. The van der Waals surface area contributed by atoms with Crippen LogP contribution < -0.4 is 10.1 Å². The second kappa shape index (κ2) is 5.04. The Bertz CT molecular complexity index is 523. The average Bonchev–Trinajstić information content (AvgIpc) is 2.35. The summed E-state index contributed by atoms with van der Waals surface area (Å²) in [5.41, 5.74) is 3.06. The molecule has 0 amide bonds. The number of pyridine rings is 1. The summed E-state index contributed by atoms with van der Waals surface area (Å²) >= 11 is 0. The lowest BCUT2D eigenvalue weighted by Crippen LogP contribution is -2.02. The Morgan fingerprint density at radius 3 is 2.88 bits per heavy atom. The van der Waals surface area contributed by atoms with Gasteiger partial charge in [-0.05, 0) is 25.5 Å². The molecule has 1 N–H and O–H groups in total. The van der Waals surface area contributed by atoms with Gasteiger partial charge in [0.2, 0.25) is 0 Å². The summed E-state index contributed by atoms with van der Waals surface area (Å²) in [6.07, 6.45) is 1.10. The van der Waals surface area contributed by atoms with E-state index in [9.17, 15) is 0 Å². The van der Waals surface area contributed by atoms with Gasteiger partial charge in [-0.25, -0.2) is 4.98 Å². The lowest BCUT2D eigenvalue weighted by molar-refractivity contribution is 0.419. The van der Waals surface area contributed by atoms with Crippen molar-refractivity contribution in [2.75, 3.05) is 19.0 Å². The van der Waals surface area contributed by atoms with Gasteiger partial charge in [-0.3, -0.25) is 0 Å². The molecule has 0 aliphatic carbocycles. The number of hydrogen-bond donors (Lipinski definition) is 1. The zero-order chi connectivity index (χ0) is 12.3. The minimum absolute atomic E-state index is 0.825. The van der Waals surface area contributed by atoms with Crippen LogP contribution in [0.4, 0.5) is 5.69 Å². The summed E-state index contributed by atoms with van der Waals surface area (Å²) in [4.78, 5) is 4.55. The van der Waals surface area contributed by atoms with E-state index in [-0.39, 0.29) is 0 Å². The van der Waals surface area contributed by atoms with Crippen LogP contribution in [0.3, 0.4) is 0 Å². The SMILES string of the molecule is CCCNc1cc(C)nc2c(OC)cccc12. The van der Waals surface area contributed by atoms with Crippen LogP contribution in [0.2, 0.25) is 0 Å². The zero-order valence-corrected chi connectivity index (χ0v) is 10.6. The largest absolute Gasteiger partial charge is 0.494 e. The smallest absolute Gasteiger partial charge is 0.145 e. The maximum Gasteiger partial charge on any atom is 0.145 e. The van der Waals surface area contributed by atoms with Crippen molar-refractivity contribution in [3.8, 4) is 5.75 Å². The molecule has 3 heteroatoms. The first kappa shape index (κ1) is 11.7. The van der Waals surface area contributed by atoms with E-state index in [4.69, 9.17) is 4.74 Å². The topological polar surface area (TPSA) is 34.2 Å². The van der Waals surface area contributed by atoms with E-state index in [2.05, 4.69) is 29.4 Å². The van der Waals surface area contributed by atoms with Crippen molar-refractivity contribution in [2.24, 2.45) is 0 Å². The Kier molecular flexibility index (Phi) is 3.47. The highest BCUT2D eigenvalue weighted by atomic mass is 16.5. The third kappa shape index (κ3) is 2.33. The van der Waals surface area contributed by atoms with E-state index in [0.29, 0.717) is 0 Å². The van der Waals surface area contributed by atoms with E-state index >= 15 is 0 Å². The maximum absolute atomic E-state index is 5.35. The van der Waals surface area contributed by atoms with Crippen LogP contribution in [0, 0.1) is 6.92 Å². The molecule has 0 spiro atoms. The van der Waals surface area contributed by atoms with Gasteiger partial charge in [0.1, 0.15) is 11.3 Å². The molecule has 0 saturated carbocycles. The van der Waals surface area contributed by atoms with E-state index in [1.165, 1.54) is 0 Å². The lowest BCUT2D eigenvalue weighted by atomic mass is 10.1. The third-order valence-electron chi connectivity index (χ3n) is 2.72. The summed E-state index contributed by atoms with van der Waals surface area (Å²) in [7, 11) is 1.68. The fourth-order valence-electron chi connectivity index (χ4n) is 1.92. The molecule has 0 aliphatic rings. The molecule has 0 atom stereocenters. The molecule has 0 radical (unpaired) electrons. The molecular formula is C14H18N2O. The van der Waals surface area contributed by atoms with Gasteiger partial charge in [0, 0.05) is 23.3 Å². The van der Waals surface area contributed by atoms with E-state index in [1.807, 2.05) is 19.1 Å². The molecule has 2 aromatic rings. The van der Waals surface area contributed by atoms with Crippen LogP contribution in [-0.4, -0.2) is 18.6 Å². The summed E-state index contributed by atoms with van der Waals surface area (Å²) in [5.74, 6) is 0.825. The van der Waals surface area contributed by atoms with Crippen molar-refractivity contribution in [1.29, 1.82) is 0 Å². The summed E-state index contributed by atoms with van der Waals surface area (Å²) in [6.45, 7) is 5.13. The first-order valence-electron chi connectivity index (χ1n) is 5.94. The Labute approximate surface area is 102 Å². The van der Waals surface area contributed by atoms with Crippen molar-refractivity contribution in [2.45, 2.75) is 20.3 Å². The highest BCUT2D eigenvalue weighted by molar-refractivity contribution is 5.95. The van der Waals surface area contributed by atoms with Gasteiger partial charge in [0.15, 0.2) is 0 Å². The average molecular weight is 230 g/mol. The normalized spacial score (nSPS) is 10.5. The Balaban J connectivity index is 2.59. The lowest BCUT2D eigenvalue weighted by Gasteiger charge is -2.11. The number of hydrogen-bond acceptors (Lipinski definition) is 3. The number of methoxy groups -OCH3 is 1. The van der Waals surface area contributed by atoms with Crippen molar-refractivity contribution < 1.29 is 4.74 Å². The molecule has 2 rings (SSSR count). The van der Waals surface area contributed by atoms with Crippen LogP contribution >= 0.6 is 0 Å². The minimum atomic E-state index is 0.825. The van der Waals surface area contributed by atoms with Gasteiger partial charge in [-0.1, -0.05) is 19.1 Å². The molecule has 0 unspecified atom stereocenters. The number of ether oxygens (including phenoxy) is 1. The van der Waals surface area contributed by atoms with Crippen molar-refractivity contribution in [1.82, 2.24) is 4.98 Å². The monoisotopic (exact) mass is 230 g/mol. The number of rotatable bonds is 4. The van der Waals surface area contributed by atoms with Crippen LogP contribution in [0.15, 0.2) is 24.3 Å². The third-order valence-corrected chi connectivity index (χ3v) is 2.72. The predicted octanol–water partition coefficient (Wildman–Crippen LogP) is 3.37. The highest BCUT2D eigenvalue weighted by Gasteiger charge is 2.07. The number of anilines is 1. The first-order valence-corrected chi connectivity index (χ1v) is 5.94. The molecule has 0 aliphatic heterocycles. The number of aryl methyl sites for hydroxylation is 1. The van der Waals surface area contributed by atoms with Crippen molar-refractivity contribution in [3.05, 3.63) is 30.0 Å². The highest BCUT2D eigenvalue weighted by Crippen LogP contribution is 2.29. The number of nitrogens with zero attached hydrogens (tertiary/aromatic N) is 1. The molecule has 0 saturated heterocycles. The minimum Gasteiger partial charge on any atom is -0.494 e. The van der Waals surface area contributed by atoms with Crippen LogP contribution in [0.5, 0.6) is 5.75 Å². The Morgan fingerprint density at radius 2 is 2.18 bits per heavy atom. The standard InChI is InChI=1S/C14H18N2O/c1-4-8-15-12-9-10(2)16-14-11(12)6-5-7-13(14)17-3/h5-7,9H,4,8H2,1-3H3,(H,15,16). The maximum atomic E-state index is 5.35. The molecular weight excluding hydrogens is 212 g/mol. The molecule has 0 bridgehead atoms. The fourth-order valence-corrected chi connectivity index (χ4v) is 1.92. The molecule has 3 nitrogen and oxygen atoms in total. The molecule has 0 fully saturated rings. The second-order valence-corrected chi connectivity index (χ2v) is 4.09. The quantitative estimate of drug-likeness (QED) is 0.874. The van der Waals surface area contributed by atoms with Crippen LogP contribution in [0.1, 0.15) is 19.0 Å². The van der Waals surface area contributed by atoms with Crippen LogP contribution in [0.25, 0.3) is 10.9 Å². The summed E-state index contributed by atoms with van der Waals surface area (Å²) in [6, 6.07) is 8.09. The Morgan fingerprint density at radius 1 is 1.35 bits per heavy atom. The van der Waals surface area contributed by atoms with Crippen molar-refractivity contribution in [3.63, 3.8) is 0 Å². The van der Waals surface area contributed by atoms with E-state index in [1.54, 1.807) is 7.11 Å². The molecule has 17 heavy (non-hydrogen) atoms. The van der Waals surface area contributed by atoms with Gasteiger partial charge < -0.3 is 10.1 Å². The number of fused-ring (bicyclic) bond motifs is 1. The molecule has 90 valence electrons. The van der Waals surface area contributed by atoms with Crippen LogP contribution in [-0.2, 0) is 0 Å². The number of nitrogens with one attached hydrogen (secondary N) is 1. The van der Waals surface area contributed by atoms with Gasteiger partial charge in [-0.15, -0.1) is 0 Å². The molecule has 1 aromatic heterocycles. The van der Waals surface area contributed by atoms with Crippen molar-refractivity contribution >= 4 is 16.6 Å². The van der Waals surface area contributed by atoms with E-state index in [0.717, 1.165) is 41.0 Å². The predicted molar refractivity (Wildman–Crippen MR) is 71.8 cm³/mol. The summed E-state index contributed by atoms with van der Waals surface area (Å²) in [5, 5.41) is 4.55. The first-order chi connectivity index (χ1) is 8.26. The van der Waals surface area contributed by atoms with Gasteiger partial charge in [0.25, 0.3) is 0 Å². The second-order valence-electron chi connectivity index (χ2n) is 4.09. The fraction of sp³-hybridized carbons (Fsp3) is 0.357. The molecule has 1 heterocycles. The van der Waals surface area contributed by atoms with Gasteiger partial charge in [-0.2, -0.15) is 0 Å².